The third kappa shape index (κ3) is 1.25. The van der Waals surface area contributed by atoms with Crippen molar-refractivity contribution in [3.05, 3.63) is 22.0 Å². The van der Waals surface area contributed by atoms with E-state index in [4.69, 9.17) is 5.73 Å². The van der Waals surface area contributed by atoms with E-state index in [9.17, 15) is 10.1 Å². The number of nitrogens with two attached hydrogens (primary N) is 1. The van der Waals surface area contributed by atoms with E-state index in [2.05, 4.69) is 5.10 Å². The summed E-state index contributed by atoms with van der Waals surface area (Å²) in [5.41, 5.74) is 6.55. The molecule has 1 aromatic heterocycles. The van der Waals surface area contributed by atoms with E-state index in [0.717, 1.165) is 0 Å². The molecule has 2 rings (SSSR count). The fourth-order valence-electron chi connectivity index (χ4n) is 2.14. The number of hydrogen-bond donors (Lipinski definition) is 1. The van der Waals surface area contributed by atoms with Crippen LogP contribution in [0.2, 0.25) is 0 Å². The van der Waals surface area contributed by atoms with Crippen molar-refractivity contribution in [2.24, 2.45) is 18.2 Å². The van der Waals surface area contributed by atoms with Crippen molar-refractivity contribution in [1.82, 2.24) is 9.78 Å². The molecule has 1 aromatic rings. The van der Waals surface area contributed by atoms with Crippen LogP contribution >= 0.6 is 0 Å². The molecule has 6 heteroatoms. The number of hydrogen-bond acceptors (Lipinski definition) is 4. The van der Waals surface area contributed by atoms with Crippen molar-refractivity contribution < 1.29 is 4.92 Å². The Balaban J connectivity index is 2.45. The normalized spacial score (nSPS) is 27.7. The molecule has 0 aliphatic heterocycles. The van der Waals surface area contributed by atoms with E-state index in [1.165, 1.54) is 6.20 Å². The van der Waals surface area contributed by atoms with Gasteiger partial charge in [0, 0.05) is 19.0 Å². The van der Waals surface area contributed by atoms with Gasteiger partial charge in [-0.2, -0.15) is 5.10 Å². The second kappa shape index (κ2) is 2.79. The predicted molar refractivity (Wildman–Crippen MR) is 54.4 cm³/mol. The summed E-state index contributed by atoms with van der Waals surface area (Å²) < 4.78 is 1.55. The number of aromatic nitrogens is 2. The van der Waals surface area contributed by atoms with Gasteiger partial charge in [0.15, 0.2) is 0 Å². The second-order valence-electron chi connectivity index (χ2n) is 4.62. The molecule has 0 amide bonds. The van der Waals surface area contributed by atoms with Crippen LogP contribution in [0, 0.1) is 15.5 Å². The molecule has 0 radical (unpaired) electrons. The minimum Gasteiger partial charge on any atom is -0.327 e. The van der Waals surface area contributed by atoms with E-state index in [1.807, 2.05) is 13.8 Å². The lowest BCUT2D eigenvalue weighted by molar-refractivity contribution is -0.385. The lowest BCUT2D eigenvalue weighted by Crippen LogP contribution is -2.07. The maximum absolute atomic E-state index is 10.8. The van der Waals surface area contributed by atoms with Crippen molar-refractivity contribution in [3.8, 4) is 0 Å². The number of aryl methyl sites for hydroxylation is 1. The van der Waals surface area contributed by atoms with E-state index >= 15 is 0 Å². The van der Waals surface area contributed by atoms with Crippen LogP contribution in [0.3, 0.4) is 0 Å². The summed E-state index contributed by atoms with van der Waals surface area (Å²) in [7, 11) is 1.71. The van der Waals surface area contributed by atoms with Gasteiger partial charge >= 0.3 is 5.69 Å². The Bertz CT molecular complexity index is 424. The Morgan fingerprint density at radius 2 is 2.20 bits per heavy atom. The molecule has 2 atom stereocenters. The van der Waals surface area contributed by atoms with Crippen molar-refractivity contribution >= 4 is 5.69 Å². The summed E-state index contributed by atoms with van der Waals surface area (Å²) in [5.74, 6) is 0.0328. The Labute approximate surface area is 87.2 Å². The molecule has 15 heavy (non-hydrogen) atoms. The minimum absolute atomic E-state index is 0.0217. The highest BCUT2D eigenvalue weighted by atomic mass is 16.6. The molecule has 1 saturated carbocycles. The predicted octanol–water partition coefficient (Wildman–Crippen LogP) is 0.779. The third-order valence-electron chi connectivity index (χ3n) is 3.37. The SMILES string of the molecule is Cn1ncc([N+](=O)[O-])c1C1C(N)C1(C)C. The topological polar surface area (TPSA) is 87.0 Å². The first kappa shape index (κ1) is 10.1. The summed E-state index contributed by atoms with van der Waals surface area (Å²) in [6.07, 6.45) is 1.29. The molecule has 0 aromatic carbocycles. The Morgan fingerprint density at radius 3 is 2.60 bits per heavy atom. The largest absolute Gasteiger partial charge is 0.327 e. The van der Waals surface area contributed by atoms with Crippen molar-refractivity contribution in [1.29, 1.82) is 0 Å². The molecule has 0 spiro atoms. The number of nitrogens with zero attached hydrogens (tertiary/aromatic N) is 3. The van der Waals surface area contributed by atoms with Gasteiger partial charge in [-0.3, -0.25) is 14.8 Å². The zero-order valence-electron chi connectivity index (χ0n) is 8.97. The van der Waals surface area contributed by atoms with Gasteiger partial charge < -0.3 is 5.73 Å². The number of nitro groups is 1. The maximum Gasteiger partial charge on any atom is 0.310 e. The van der Waals surface area contributed by atoms with Crippen LogP contribution in [0.1, 0.15) is 25.5 Å². The van der Waals surface area contributed by atoms with Crippen LogP contribution in [0.25, 0.3) is 0 Å². The fraction of sp³-hybridized carbons (Fsp3) is 0.667. The van der Waals surface area contributed by atoms with Crippen LogP contribution in [0.5, 0.6) is 0 Å². The van der Waals surface area contributed by atoms with Crippen molar-refractivity contribution in [2.45, 2.75) is 25.8 Å². The lowest BCUT2D eigenvalue weighted by Gasteiger charge is -2.02. The van der Waals surface area contributed by atoms with Gasteiger partial charge in [0.1, 0.15) is 11.9 Å². The van der Waals surface area contributed by atoms with E-state index < -0.39 is 4.92 Å². The summed E-state index contributed by atoms with van der Waals surface area (Å²) in [6.45, 7) is 4.03. The van der Waals surface area contributed by atoms with Crippen LogP contribution in [-0.2, 0) is 7.05 Å². The highest BCUT2D eigenvalue weighted by Gasteiger charge is 2.59. The minimum atomic E-state index is -0.399. The summed E-state index contributed by atoms with van der Waals surface area (Å²) in [6, 6.07) is -0.0217. The monoisotopic (exact) mass is 210 g/mol. The van der Waals surface area contributed by atoms with Gasteiger partial charge in [-0.15, -0.1) is 0 Å². The van der Waals surface area contributed by atoms with Gasteiger partial charge in [-0.05, 0) is 5.41 Å². The first-order valence-corrected chi connectivity index (χ1v) is 4.79. The van der Waals surface area contributed by atoms with Crippen molar-refractivity contribution in [2.75, 3.05) is 0 Å². The summed E-state index contributed by atoms with van der Waals surface area (Å²) in [4.78, 5) is 10.4. The smallest absolute Gasteiger partial charge is 0.310 e. The molecular formula is C9H14N4O2. The third-order valence-corrected chi connectivity index (χ3v) is 3.37. The van der Waals surface area contributed by atoms with E-state index in [-0.39, 0.29) is 23.1 Å². The molecule has 1 aliphatic carbocycles. The highest BCUT2D eigenvalue weighted by Crippen LogP contribution is 2.58. The van der Waals surface area contributed by atoms with Crippen LogP contribution < -0.4 is 5.73 Å². The zero-order chi connectivity index (χ0) is 11.4. The number of rotatable bonds is 2. The molecule has 0 bridgehead atoms. The highest BCUT2D eigenvalue weighted by molar-refractivity contribution is 5.43. The lowest BCUT2D eigenvalue weighted by atomic mass is 10.1. The van der Waals surface area contributed by atoms with Crippen LogP contribution in [-0.4, -0.2) is 20.7 Å². The Kier molecular flexibility index (Phi) is 1.88. The standard InChI is InChI=1S/C9H14N4O2/c1-9(2)6(8(9)10)7-5(13(14)15)4-11-12(7)3/h4,6,8H,10H2,1-3H3. The average molecular weight is 210 g/mol. The quantitative estimate of drug-likeness (QED) is 0.577. The van der Waals surface area contributed by atoms with Gasteiger partial charge in [-0.25, -0.2) is 0 Å². The molecule has 2 unspecified atom stereocenters. The first-order valence-electron chi connectivity index (χ1n) is 4.79. The summed E-state index contributed by atoms with van der Waals surface area (Å²) >= 11 is 0. The van der Waals surface area contributed by atoms with Crippen molar-refractivity contribution in [3.63, 3.8) is 0 Å². The van der Waals surface area contributed by atoms with Crippen LogP contribution in [0.4, 0.5) is 5.69 Å². The van der Waals surface area contributed by atoms with Gasteiger partial charge in [0.05, 0.1) is 4.92 Å². The van der Waals surface area contributed by atoms with Gasteiger partial charge in [0.2, 0.25) is 0 Å². The van der Waals surface area contributed by atoms with E-state index in [0.29, 0.717) is 5.69 Å². The molecule has 2 N–H and O–H groups in total. The Hall–Kier alpha value is -1.43. The maximum atomic E-state index is 10.8. The molecule has 1 heterocycles. The first-order chi connectivity index (χ1) is 6.87. The van der Waals surface area contributed by atoms with E-state index in [1.54, 1.807) is 11.7 Å². The molecule has 82 valence electrons. The molecule has 1 fully saturated rings. The van der Waals surface area contributed by atoms with Gasteiger partial charge in [0.25, 0.3) is 0 Å². The average Bonchev–Trinajstić information content (AvgIpc) is 2.48. The zero-order valence-corrected chi connectivity index (χ0v) is 8.97. The van der Waals surface area contributed by atoms with Crippen LogP contribution in [0.15, 0.2) is 6.20 Å². The second-order valence-corrected chi connectivity index (χ2v) is 4.62. The Morgan fingerprint density at radius 1 is 1.67 bits per heavy atom. The van der Waals surface area contributed by atoms with Gasteiger partial charge in [-0.1, -0.05) is 13.8 Å². The summed E-state index contributed by atoms with van der Waals surface area (Å²) in [5, 5.41) is 14.7. The molecule has 0 saturated heterocycles. The molecule has 1 aliphatic rings. The molecule has 6 nitrogen and oxygen atoms in total. The molecular weight excluding hydrogens is 196 g/mol. The fourth-order valence-corrected chi connectivity index (χ4v) is 2.14.